The highest BCUT2D eigenvalue weighted by Crippen LogP contribution is 2.25. The van der Waals surface area contributed by atoms with E-state index in [4.69, 9.17) is 11.6 Å². The van der Waals surface area contributed by atoms with Crippen LogP contribution >= 0.6 is 27.5 Å². The normalized spacial score (nSPS) is 19.8. The first-order valence-corrected chi connectivity index (χ1v) is 10.1. The molecule has 0 spiro atoms. The summed E-state index contributed by atoms with van der Waals surface area (Å²) in [4.78, 5) is 28.7. The Labute approximate surface area is 167 Å². The maximum atomic E-state index is 12.3. The number of hydrogen-bond acceptors (Lipinski definition) is 4. The monoisotopic (exact) mass is 442 g/mol. The van der Waals surface area contributed by atoms with E-state index < -0.39 is 0 Å². The van der Waals surface area contributed by atoms with E-state index in [1.54, 1.807) is 12.1 Å². The van der Waals surface area contributed by atoms with Crippen LogP contribution in [-0.4, -0.2) is 66.4 Å². The third-order valence-corrected chi connectivity index (χ3v) is 5.64. The average Bonchev–Trinajstić information content (AvgIpc) is 3.41. The second-order valence-corrected chi connectivity index (χ2v) is 8.27. The number of rotatable bonds is 6. The van der Waals surface area contributed by atoms with Crippen molar-refractivity contribution in [3.05, 3.63) is 27.7 Å². The third kappa shape index (κ3) is 5.42. The van der Waals surface area contributed by atoms with Crippen molar-refractivity contribution in [1.29, 1.82) is 0 Å². The molecule has 1 aromatic carbocycles. The molecule has 1 aromatic rings. The lowest BCUT2D eigenvalue weighted by Gasteiger charge is -2.37. The Bertz CT molecular complexity index is 675. The van der Waals surface area contributed by atoms with Gasteiger partial charge < -0.3 is 10.6 Å². The van der Waals surface area contributed by atoms with Crippen molar-refractivity contribution in [2.75, 3.05) is 38.0 Å². The Morgan fingerprint density at radius 3 is 2.58 bits per heavy atom. The molecule has 1 unspecified atom stereocenters. The van der Waals surface area contributed by atoms with Crippen LogP contribution in [0.3, 0.4) is 0 Å². The van der Waals surface area contributed by atoms with E-state index in [-0.39, 0.29) is 17.9 Å². The van der Waals surface area contributed by atoms with Crippen LogP contribution in [0.4, 0.5) is 5.69 Å². The van der Waals surface area contributed by atoms with E-state index in [9.17, 15) is 9.59 Å². The fourth-order valence-electron chi connectivity index (χ4n) is 3.01. The zero-order chi connectivity index (χ0) is 18.7. The van der Waals surface area contributed by atoms with Gasteiger partial charge >= 0.3 is 0 Å². The molecule has 2 N–H and O–H groups in total. The molecule has 0 radical (unpaired) electrons. The van der Waals surface area contributed by atoms with Gasteiger partial charge in [0.2, 0.25) is 11.8 Å². The van der Waals surface area contributed by atoms with Crippen LogP contribution < -0.4 is 10.6 Å². The molecular weight excluding hydrogens is 420 g/mol. The van der Waals surface area contributed by atoms with Crippen LogP contribution in [0.25, 0.3) is 0 Å². The maximum absolute atomic E-state index is 12.3. The standard InChI is InChI=1S/C18H24BrClN4O2/c1-12(18(26)21-14-3-4-14)24-8-6-23(7-9-24)11-17(25)22-16-5-2-13(19)10-15(16)20/h2,5,10,12,14H,3-4,6-9,11H2,1H3,(H,21,26)(H,22,25). The summed E-state index contributed by atoms with van der Waals surface area (Å²) < 4.78 is 0.872. The van der Waals surface area contributed by atoms with Gasteiger partial charge in [0.25, 0.3) is 0 Å². The zero-order valence-corrected chi connectivity index (χ0v) is 17.1. The van der Waals surface area contributed by atoms with Gasteiger partial charge in [-0.05, 0) is 38.0 Å². The van der Waals surface area contributed by atoms with E-state index >= 15 is 0 Å². The minimum Gasteiger partial charge on any atom is -0.352 e. The fourth-order valence-corrected chi connectivity index (χ4v) is 3.73. The molecule has 142 valence electrons. The van der Waals surface area contributed by atoms with Gasteiger partial charge in [0.15, 0.2) is 0 Å². The molecule has 1 heterocycles. The van der Waals surface area contributed by atoms with Crippen LogP contribution in [0, 0.1) is 0 Å². The predicted molar refractivity (Wildman–Crippen MR) is 106 cm³/mol. The quantitative estimate of drug-likeness (QED) is 0.708. The first-order valence-electron chi connectivity index (χ1n) is 8.94. The molecule has 1 aliphatic heterocycles. The van der Waals surface area contributed by atoms with Gasteiger partial charge in [-0.3, -0.25) is 19.4 Å². The first-order chi connectivity index (χ1) is 12.4. The first kappa shape index (κ1) is 19.6. The van der Waals surface area contributed by atoms with E-state index in [1.807, 2.05) is 13.0 Å². The van der Waals surface area contributed by atoms with Crippen molar-refractivity contribution in [1.82, 2.24) is 15.1 Å². The highest BCUT2D eigenvalue weighted by atomic mass is 79.9. The molecule has 0 aromatic heterocycles. The van der Waals surface area contributed by atoms with E-state index in [0.717, 1.165) is 43.5 Å². The molecule has 1 saturated carbocycles. The average molecular weight is 444 g/mol. The number of hydrogen-bond donors (Lipinski definition) is 2. The zero-order valence-electron chi connectivity index (χ0n) is 14.8. The Morgan fingerprint density at radius 2 is 1.96 bits per heavy atom. The number of nitrogens with one attached hydrogen (secondary N) is 2. The molecule has 6 nitrogen and oxygen atoms in total. The summed E-state index contributed by atoms with van der Waals surface area (Å²) in [6.45, 7) is 5.38. The highest BCUT2D eigenvalue weighted by Gasteiger charge is 2.30. The largest absolute Gasteiger partial charge is 0.352 e. The summed E-state index contributed by atoms with van der Waals surface area (Å²) in [7, 11) is 0. The highest BCUT2D eigenvalue weighted by molar-refractivity contribution is 9.10. The minimum atomic E-state index is -0.117. The number of amides is 2. The summed E-state index contributed by atoms with van der Waals surface area (Å²) in [5.41, 5.74) is 0.615. The van der Waals surface area contributed by atoms with Gasteiger partial charge in [-0.2, -0.15) is 0 Å². The molecule has 2 amide bonds. The van der Waals surface area contributed by atoms with Gasteiger partial charge in [-0.1, -0.05) is 27.5 Å². The number of halogens is 2. The van der Waals surface area contributed by atoms with Crippen LogP contribution in [0.2, 0.25) is 5.02 Å². The summed E-state index contributed by atoms with van der Waals surface area (Å²) in [6.07, 6.45) is 2.20. The van der Waals surface area contributed by atoms with E-state index in [1.165, 1.54) is 0 Å². The van der Waals surface area contributed by atoms with Crippen molar-refractivity contribution in [3.63, 3.8) is 0 Å². The molecule has 0 bridgehead atoms. The number of nitrogens with zero attached hydrogens (tertiary/aromatic N) is 2. The lowest BCUT2D eigenvalue weighted by Crippen LogP contribution is -2.55. The van der Waals surface area contributed by atoms with Gasteiger partial charge in [0, 0.05) is 36.7 Å². The van der Waals surface area contributed by atoms with E-state index in [0.29, 0.717) is 23.3 Å². The van der Waals surface area contributed by atoms with Crippen molar-refractivity contribution < 1.29 is 9.59 Å². The van der Waals surface area contributed by atoms with Crippen LogP contribution in [0.5, 0.6) is 0 Å². The Balaban J connectivity index is 1.43. The topological polar surface area (TPSA) is 64.7 Å². The van der Waals surface area contributed by atoms with Crippen molar-refractivity contribution >= 4 is 45.0 Å². The third-order valence-electron chi connectivity index (χ3n) is 4.83. The second-order valence-electron chi connectivity index (χ2n) is 6.94. The molecule has 1 saturated heterocycles. The summed E-state index contributed by atoms with van der Waals surface area (Å²) in [5.74, 6) is 0.0331. The smallest absolute Gasteiger partial charge is 0.238 e. The Morgan fingerprint density at radius 1 is 1.27 bits per heavy atom. The lowest BCUT2D eigenvalue weighted by atomic mass is 10.2. The van der Waals surface area contributed by atoms with Crippen LogP contribution in [-0.2, 0) is 9.59 Å². The fraction of sp³-hybridized carbons (Fsp3) is 0.556. The number of carbonyl (C=O) groups is 2. The molecule has 26 heavy (non-hydrogen) atoms. The molecule has 8 heteroatoms. The number of anilines is 1. The molecule has 2 fully saturated rings. The SMILES string of the molecule is CC(C(=O)NC1CC1)N1CCN(CC(=O)Nc2ccc(Br)cc2Cl)CC1. The predicted octanol–water partition coefficient (Wildman–Crippen LogP) is 2.33. The lowest BCUT2D eigenvalue weighted by molar-refractivity contribution is -0.127. The van der Waals surface area contributed by atoms with E-state index in [2.05, 4.69) is 36.4 Å². The minimum absolute atomic E-state index is 0.0813. The van der Waals surface area contributed by atoms with Crippen LogP contribution in [0.15, 0.2) is 22.7 Å². The Kier molecular flexibility index (Phi) is 6.55. The number of piperazine rings is 1. The molecule has 2 aliphatic rings. The van der Waals surface area contributed by atoms with Gasteiger partial charge in [-0.25, -0.2) is 0 Å². The van der Waals surface area contributed by atoms with Gasteiger partial charge in [0.1, 0.15) is 0 Å². The molecular formula is C18H24BrClN4O2. The second kappa shape index (κ2) is 8.69. The van der Waals surface area contributed by atoms with Crippen molar-refractivity contribution in [3.8, 4) is 0 Å². The van der Waals surface area contributed by atoms with Crippen molar-refractivity contribution in [2.24, 2.45) is 0 Å². The molecule has 3 rings (SSSR count). The van der Waals surface area contributed by atoms with Crippen molar-refractivity contribution in [2.45, 2.75) is 31.8 Å². The summed E-state index contributed by atoms with van der Waals surface area (Å²) >= 11 is 9.48. The van der Waals surface area contributed by atoms with Gasteiger partial charge in [0.05, 0.1) is 23.3 Å². The maximum Gasteiger partial charge on any atom is 0.238 e. The Hall–Kier alpha value is -1.15. The number of carbonyl (C=O) groups excluding carboxylic acids is 2. The van der Waals surface area contributed by atoms with Crippen LogP contribution in [0.1, 0.15) is 19.8 Å². The number of benzene rings is 1. The molecule has 1 aliphatic carbocycles. The summed E-state index contributed by atoms with van der Waals surface area (Å²) in [6, 6.07) is 5.65. The van der Waals surface area contributed by atoms with Gasteiger partial charge in [-0.15, -0.1) is 0 Å². The summed E-state index contributed by atoms with van der Waals surface area (Å²) in [5, 5.41) is 6.42. The molecule has 1 atom stereocenters.